The summed E-state index contributed by atoms with van der Waals surface area (Å²) in [5, 5.41) is 3.32. The Morgan fingerprint density at radius 2 is 2.17 bits per heavy atom. The molecule has 0 unspecified atom stereocenters. The summed E-state index contributed by atoms with van der Waals surface area (Å²) in [6.07, 6.45) is 3.35. The third kappa shape index (κ3) is 3.15. The maximum atomic E-state index is 12.5. The van der Waals surface area contributed by atoms with Crippen LogP contribution in [0.2, 0.25) is 0 Å². The van der Waals surface area contributed by atoms with Gasteiger partial charge >= 0.3 is 0 Å². The largest absolute Gasteiger partial charge is 0.314 e. The molecule has 1 fully saturated rings. The number of hydrogen-bond acceptors (Lipinski definition) is 4. The highest BCUT2D eigenvalue weighted by Gasteiger charge is 2.31. The Kier molecular flexibility index (Phi) is 4.09. The summed E-state index contributed by atoms with van der Waals surface area (Å²) in [7, 11) is 0. The molecule has 0 amide bonds. The Hall–Kier alpha value is -1.26. The number of nitrogens with zero attached hydrogens (tertiary/aromatic N) is 2. The second kappa shape index (κ2) is 5.59. The zero-order valence-corrected chi connectivity index (χ0v) is 11.1. The van der Waals surface area contributed by atoms with E-state index in [0.717, 1.165) is 32.7 Å². The van der Waals surface area contributed by atoms with Crippen molar-refractivity contribution in [1.82, 2.24) is 15.2 Å². The number of carbonyl (C=O) groups is 1. The fourth-order valence-corrected chi connectivity index (χ4v) is 2.39. The first-order chi connectivity index (χ1) is 8.59. The van der Waals surface area contributed by atoms with Crippen molar-refractivity contribution < 1.29 is 4.79 Å². The monoisotopic (exact) mass is 247 g/mol. The predicted molar refractivity (Wildman–Crippen MR) is 71.7 cm³/mol. The fraction of sp³-hybridized carbons (Fsp3) is 0.571. The molecule has 0 radical (unpaired) electrons. The Morgan fingerprint density at radius 1 is 1.44 bits per heavy atom. The molecule has 0 spiro atoms. The van der Waals surface area contributed by atoms with E-state index >= 15 is 0 Å². The van der Waals surface area contributed by atoms with E-state index in [4.69, 9.17) is 0 Å². The van der Waals surface area contributed by atoms with Gasteiger partial charge in [0.2, 0.25) is 0 Å². The highest BCUT2D eigenvalue weighted by atomic mass is 16.1. The normalized spacial score (nSPS) is 17.7. The number of piperazine rings is 1. The van der Waals surface area contributed by atoms with Gasteiger partial charge in [-0.25, -0.2) is 0 Å². The van der Waals surface area contributed by atoms with Gasteiger partial charge in [0.25, 0.3) is 0 Å². The van der Waals surface area contributed by atoms with E-state index in [1.807, 2.05) is 26.0 Å². The molecule has 1 aromatic rings. The number of pyridine rings is 1. The molecule has 0 aromatic carbocycles. The van der Waals surface area contributed by atoms with Gasteiger partial charge in [-0.1, -0.05) is 13.8 Å². The molecule has 18 heavy (non-hydrogen) atoms. The van der Waals surface area contributed by atoms with Crippen LogP contribution in [0.3, 0.4) is 0 Å². The average Bonchev–Trinajstić information content (AvgIpc) is 2.39. The standard InChI is InChI=1S/C14H21N3O/c1-14(2,11-17-8-6-15-7-9-17)13(18)12-4-3-5-16-10-12/h3-5,10,15H,6-9,11H2,1-2H3. The SMILES string of the molecule is CC(C)(CN1CCNCC1)C(=O)c1cccnc1. The molecule has 1 aliphatic rings. The zero-order chi connectivity index (χ0) is 13.0. The number of aromatic nitrogens is 1. The van der Waals surface area contributed by atoms with Crippen LogP contribution in [0.15, 0.2) is 24.5 Å². The van der Waals surface area contributed by atoms with Gasteiger partial charge in [-0.15, -0.1) is 0 Å². The molecule has 2 heterocycles. The van der Waals surface area contributed by atoms with Gasteiger partial charge in [0.1, 0.15) is 0 Å². The maximum Gasteiger partial charge on any atom is 0.171 e. The predicted octanol–water partition coefficient (Wildman–Crippen LogP) is 1.20. The Bertz CT molecular complexity index is 397. The molecule has 98 valence electrons. The summed E-state index contributed by atoms with van der Waals surface area (Å²) in [6.45, 7) is 8.90. The minimum absolute atomic E-state index is 0.175. The number of nitrogens with one attached hydrogen (secondary N) is 1. The summed E-state index contributed by atoms with van der Waals surface area (Å²) in [5.41, 5.74) is 0.345. The topological polar surface area (TPSA) is 45.2 Å². The molecular formula is C14H21N3O. The third-order valence-corrected chi connectivity index (χ3v) is 3.37. The van der Waals surface area contributed by atoms with Crippen LogP contribution in [-0.2, 0) is 0 Å². The first kappa shape index (κ1) is 13.2. The summed E-state index contributed by atoms with van der Waals surface area (Å²) in [6, 6.07) is 3.66. The van der Waals surface area contributed by atoms with Crippen LogP contribution < -0.4 is 5.32 Å². The van der Waals surface area contributed by atoms with Crippen molar-refractivity contribution in [2.45, 2.75) is 13.8 Å². The molecule has 0 atom stereocenters. The van der Waals surface area contributed by atoms with Crippen molar-refractivity contribution >= 4 is 5.78 Å². The quantitative estimate of drug-likeness (QED) is 0.812. The summed E-state index contributed by atoms with van der Waals surface area (Å²) in [5.74, 6) is 0.175. The lowest BCUT2D eigenvalue weighted by atomic mass is 9.84. The summed E-state index contributed by atoms with van der Waals surface area (Å²) < 4.78 is 0. The van der Waals surface area contributed by atoms with E-state index in [-0.39, 0.29) is 11.2 Å². The molecule has 0 saturated carbocycles. The molecule has 1 aliphatic heterocycles. The molecule has 4 heteroatoms. The van der Waals surface area contributed by atoms with Gasteiger partial charge in [0.05, 0.1) is 0 Å². The van der Waals surface area contributed by atoms with Crippen LogP contribution in [0.4, 0.5) is 0 Å². The van der Waals surface area contributed by atoms with Crippen molar-refractivity contribution in [3.05, 3.63) is 30.1 Å². The first-order valence-electron chi connectivity index (χ1n) is 6.47. The Balaban J connectivity index is 2.03. The molecule has 1 aromatic heterocycles. The van der Waals surface area contributed by atoms with Gasteiger partial charge < -0.3 is 5.32 Å². The molecule has 0 bridgehead atoms. The Morgan fingerprint density at radius 3 is 2.78 bits per heavy atom. The van der Waals surface area contributed by atoms with Crippen LogP contribution in [0.1, 0.15) is 24.2 Å². The van der Waals surface area contributed by atoms with E-state index in [1.165, 1.54) is 0 Å². The number of ketones is 1. The van der Waals surface area contributed by atoms with Gasteiger partial charge in [-0.2, -0.15) is 0 Å². The lowest BCUT2D eigenvalue weighted by molar-refractivity contribution is 0.0751. The van der Waals surface area contributed by atoms with Crippen LogP contribution in [0.5, 0.6) is 0 Å². The van der Waals surface area contributed by atoms with Crippen LogP contribution in [0.25, 0.3) is 0 Å². The second-order valence-corrected chi connectivity index (χ2v) is 5.48. The lowest BCUT2D eigenvalue weighted by Gasteiger charge is -2.34. The molecule has 4 nitrogen and oxygen atoms in total. The average molecular weight is 247 g/mol. The maximum absolute atomic E-state index is 12.5. The van der Waals surface area contributed by atoms with E-state index < -0.39 is 0 Å². The molecular weight excluding hydrogens is 226 g/mol. The van der Waals surface area contributed by atoms with Gasteiger partial charge in [0.15, 0.2) is 5.78 Å². The lowest BCUT2D eigenvalue weighted by Crippen LogP contribution is -2.48. The highest BCUT2D eigenvalue weighted by Crippen LogP contribution is 2.23. The highest BCUT2D eigenvalue weighted by molar-refractivity contribution is 5.99. The number of Topliss-reactive ketones (excluding diaryl/α,β-unsaturated/α-hetero) is 1. The Labute approximate surface area is 108 Å². The van der Waals surface area contributed by atoms with E-state index in [2.05, 4.69) is 15.2 Å². The summed E-state index contributed by atoms with van der Waals surface area (Å²) >= 11 is 0. The van der Waals surface area contributed by atoms with Crippen molar-refractivity contribution in [2.24, 2.45) is 5.41 Å². The molecule has 0 aliphatic carbocycles. The van der Waals surface area contributed by atoms with Crippen molar-refractivity contribution in [1.29, 1.82) is 0 Å². The minimum Gasteiger partial charge on any atom is -0.314 e. The van der Waals surface area contributed by atoms with Crippen molar-refractivity contribution in [2.75, 3.05) is 32.7 Å². The molecule has 1 N–H and O–H groups in total. The molecule has 2 rings (SSSR count). The van der Waals surface area contributed by atoms with Crippen molar-refractivity contribution in [3.63, 3.8) is 0 Å². The van der Waals surface area contributed by atoms with Gasteiger partial charge in [-0.05, 0) is 12.1 Å². The molecule has 1 saturated heterocycles. The number of carbonyl (C=O) groups excluding carboxylic acids is 1. The van der Waals surface area contributed by atoms with Crippen LogP contribution in [0, 0.1) is 5.41 Å². The van der Waals surface area contributed by atoms with Gasteiger partial charge in [0, 0.05) is 56.1 Å². The van der Waals surface area contributed by atoms with Crippen molar-refractivity contribution in [3.8, 4) is 0 Å². The summed E-state index contributed by atoms with van der Waals surface area (Å²) in [4.78, 5) is 18.8. The fourth-order valence-electron chi connectivity index (χ4n) is 2.39. The van der Waals surface area contributed by atoms with Crippen LogP contribution >= 0.6 is 0 Å². The minimum atomic E-state index is -0.361. The zero-order valence-electron chi connectivity index (χ0n) is 11.1. The third-order valence-electron chi connectivity index (χ3n) is 3.37. The number of hydrogen-bond donors (Lipinski definition) is 1. The van der Waals surface area contributed by atoms with E-state index in [9.17, 15) is 4.79 Å². The van der Waals surface area contributed by atoms with E-state index in [0.29, 0.717) is 5.56 Å². The van der Waals surface area contributed by atoms with E-state index in [1.54, 1.807) is 12.4 Å². The van der Waals surface area contributed by atoms with Gasteiger partial charge in [-0.3, -0.25) is 14.7 Å². The number of rotatable bonds is 4. The second-order valence-electron chi connectivity index (χ2n) is 5.48. The first-order valence-corrected chi connectivity index (χ1v) is 6.47. The van der Waals surface area contributed by atoms with Crippen LogP contribution in [-0.4, -0.2) is 48.4 Å². The smallest absolute Gasteiger partial charge is 0.171 e.